The molecule has 0 amide bonds. The van der Waals surface area contributed by atoms with Crippen molar-refractivity contribution in [2.24, 2.45) is 4.99 Å². The Kier molecular flexibility index (Phi) is 13.8. The normalized spacial score (nSPS) is 10.7. The number of benzene rings is 1. The molecule has 7 heteroatoms. The van der Waals surface area contributed by atoms with Gasteiger partial charge >= 0.3 is 5.97 Å². The third kappa shape index (κ3) is 9.84. The first-order valence-electron chi connectivity index (χ1n) is 8.83. The first-order chi connectivity index (χ1) is 12.1. The lowest BCUT2D eigenvalue weighted by Crippen LogP contribution is -2.38. The molecule has 26 heavy (non-hydrogen) atoms. The molecule has 0 unspecified atom stereocenters. The third-order valence-corrected chi connectivity index (χ3v) is 3.81. The van der Waals surface area contributed by atoms with Crippen molar-refractivity contribution in [2.75, 3.05) is 33.9 Å². The quantitative estimate of drug-likeness (QED) is 0.178. The van der Waals surface area contributed by atoms with Gasteiger partial charge in [0, 0.05) is 26.1 Å². The van der Waals surface area contributed by atoms with Gasteiger partial charge in [0.15, 0.2) is 5.96 Å². The predicted octanol–water partition coefficient (Wildman–Crippen LogP) is 3.06. The molecule has 0 saturated carbocycles. The summed E-state index contributed by atoms with van der Waals surface area (Å²) in [6.45, 7) is 6.37. The van der Waals surface area contributed by atoms with Gasteiger partial charge in [-0.3, -0.25) is 9.79 Å². The maximum Gasteiger partial charge on any atom is 0.305 e. The molecule has 1 aromatic rings. The molecule has 0 fully saturated rings. The molecule has 0 aliphatic rings. The van der Waals surface area contributed by atoms with E-state index < -0.39 is 0 Å². The summed E-state index contributed by atoms with van der Waals surface area (Å²) in [5.41, 5.74) is 2.37. The van der Waals surface area contributed by atoms with Gasteiger partial charge in [0.1, 0.15) is 5.75 Å². The highest BCUT2D eigenvalue weighted by Gasteiger charge is 2.02. The third-order valence-electron chi connectivity index (χ3n) is 3.81. The van der Waals surface area contributed by atoms with Crippen LogP contribution in [0.2, 0.25) is 0 Å². The summed E-state index contributed by atoms with van der Waals surface area (Å²) in [5.74, 6) is 1.56. The molecule has 0 aliphatic heterocycles. The Balaban J connectivity index is 0.00000625. The maximum atomic E-state index is 11.1. The molecule has 0 radical (unpaired) electrons. The fourth-order valence-electron chi connectivity index (χ4n) is 2.36. The minimum atomic E-state index is -0.164. The molecule has 0 aliphatic carbocycles. The van der Waals surface area contributed by atoms with Gasteiger partial charge < -0.3 is 20.1 Å². The van der Waals surface area contributed by atoms with Crippen LogP contribution in [0.3, 0.4) is 0 Å². The molecule has 2 N–H and O–H groups in total. The van der Waals surface area contributed by atoms with Gasteiger partial charge in [0.2, 0.25) is 0 Å². The number of ether oxygens (including phenoxy) is 2. The van der Waals surface area contributed by atoms with Crippen LogP contribution in [0, 0.1) is 6.92 Å². The van der Waals surface area contributed by atoms with Crippen molar-refractivity contribution in [1.82, 2.24) is 10.6 Å². The number of hydrogen-bond donors (Lipinski definition) is 2. The number of aliphatic imine (C=N–C) groups is 1. The number of guanidine groups is 1. The van der Waals surface area contributed by atoms with E-state index >= 15 is 0 Å². The summed E-state index contributed by atoms with van der Waals surface area (Å²) in [6, 6.07) is 6.28. The zero-order valence-electron chi connectivity index (χ0n) is 16.3. The zero-order chi connectivity index (χ0) is 18.5. The molecule has 0 bridgehead atoms. The number of carbonyl (C=O) groups is 1. The fraction of sp³-hybridized carbons (Fsp3) is 0.579. The lowest BCUT2D eigenvalue weighted by Gasteiger charge is -2.12. The molecule has 1 aromatic carbocycles. The predicted molar refractivity (Wildman–Crippen MR) is 117 cm³/mol. The average molecular weight is 477 g/mol. The second kappa shape index (κ2) is 14.6. The summed E-state index contributed by atoms with van der Waals surface area (Å²) in [7, 11) is 3.11. The first-order valence-corrected chi connectivity index (χ1v) is 8.83. The molecule has 0 heterocycles. The van der Waals surface area contributed by atoms with Crippen molar-refractivity contribution in [3.8, 4) is 5.75 Å². The highest BCUT2D eigenvalue weighted by molar-refractivity contribution is 14.0. The molecule has 0 aromatic heterocycles. The molecule has 0 spiro atoms. The van der Waals surface area contributed by atoms with Crippen molar-refractivity contribution in [3.63, 3.8) is 0 Å². The SMILES string of the molecule is CCNC(=NCCCCC(=O)OC)NCCc1ccc(C)c(OC)c1.I. The highest BCUT2D eigenvalue weighted by Crippen LogP contribution is 2.18. The first kappa shape index (κ1) is 24.5. The molecule has 6 nitrogen and oxygen atoms in total. The van der Waals surface area contributed by atoms with Gasteiger partial charge in [-0.2, -0.15) is 0 Å². The Hall–Kier alpha value is -1.51. The van der Waals surface area contributed by atoms with Crippen LogP contribution in [0.4, 0.5) is 0 Å². The highest BCUT2D eigenvalue weighted by atomic mass is 127. The van der Waals surface area contributed by atoms with Crippen molar-refractivity contribution < 1.29 is 14.3 Å². The van der Waals surface area contributed by atoms with Crippen molar-refractivity contribution >= 4 is 35.9 Å². The van der Waals surface area contributed by atoms with E-state index in [4.69, 9.17) is 4.74 Å². The van der Waals surface area contributed by atoms with Gasteiger partial charge in [0.25, 0.3) is 0 Å². The van der Waals surface area contributed by atoms with E-state index in [-0.39, 0.29) is 29.9 Å². The maximum absolute atomic E-state index is 11.1. The number of methoxy groups -OCH3 is 2. The van der Waals surface area contributed by atoms with Crippen LogP contribution in [-0.4, -0.2) is 45.8 Å². The molecule has 1 rings (SSSR count). The fourth-order valence-corrected chi connectivity index (χ4v) is 2.36. The van der Waals surface area contributed by atoms with Crippen LogP contribution in [0.25, 0.3) is 0 Å². The van der Waals surface area contributed by atoms with Crippen molar-refractivity contribution in [1.29, 1.82) is 0 Å². The van der Waals surface area contributed by atoms with Crippen LogP contribution < -0.4 is 15.4 Å². The molecule has 148 valence electrons. The lowest BCUT2D eigenvalue weighted by molar-refractivity contribution is -0.140. The average Bonchev–Trinajstić information content (AvgIpc) is 2.62. The van der Waals surface area contributed by atoms with E-state index in [1.54, 1.807) is 7.11 Å². The van der Waals surface area contributed by atoms with E-state index in [9.17, 15) is 4.79 Å². The van der Waals surface area contributed by atoms with E-state index in [0.717, 1.165) is 49.6 Å². The molecule has 0 atom stereocenters. The number of nitrogens with one attached hydrogen (secondary N) is 2. The summed E-state index contributed by atoms with van der Waals surface area (Å²) in [4.78, 5) is 15.6. The zero-order valence-corrected chi connectivity index (χ0v) is 18.6. The Morgan fingerprint density at radius 1 is 1.19 bits per heavy atom. The Bertz CT molecular complexity index is 565. The molecular formula is C19H32IN3O3. The van der Waals surface area contributed by atoms with Crippen molar-refractivity contribution in [2.45, 2.75) is 39.5 Å². The van der Waals surface area contributed by atoms with Crippen LogP contribution in [0.1, 0.15) is 37.3 Å². The van der Waals surface area contributed by atoms with Crippen LogP contribution in [-0.2, 0) is 16.0 Å². The molecular weight excluding hydrogens is 445 g/mol. The number of nitrogens with zero attached hydrogens (tertiary/aromatic N) is 1. The summed E-state index contributed by atoms with van der Waals surface area (Å²) < 4.78 is 9.99. The largest absolute Gasteiger partial charge is 0.496 e. The summed E-state index contributed by atoms with van der Waals surface area (Å²) in [5, 5.41) is 6.57. The monoisotopic (exact) mass is 477 g/mol. The van der Waals surface area contributed by atoms with E-state index in [1.807, 2.05) is 13.8 Å². The van der Waals surface area contributed by atoms with Crippen molar-refractivity contribution in [3.05, 3.63) is 29.3 Å². The minimum Gasteiger partial charge on any atom is -0.496 e. The van der Waals surface area contributed by atoms with Gasteiger partial charge in [-0.1, -0.05) is 12.1 Å². The topological polar surface area (TPSA) is 72.0 Å². The summed E-state index contributed by atoms with van der Waals surface area (Å²) >= 11 is 0. The van der Waals surface area contributed by atoms with Gasteiger partial charge in [-0.25, -0.2) is 0 Å². The standard InChI is InChI=1S/C19H31N3O3.HI/c1-5-20-19(21-12-7-6-8-18(23)25-4)22-13-11-16-10-9-15(2)17(14-16)24-3;/h9-10,14H,5-8,11-13H2,1-4H3,(H2,20,21,22);1H. The number of aryl methyl sites for hydroxylation is 1. The number of rotatable bonds is 10. The van der Waals surface area contributed by atoms with Gasteiger partial charge in [-0.05, 0) is 50.3 Å². The number of esters is 1. The smallest absolute Gasteiger partial charge is 0.305 e. The van der Waals surface area contributed by atoms with E-state index in [0.29, 0.717) is 13.0 Å². The van der Waals surface area contributed by atoms with Crippen LogP contribution >= 0.6 is 24.0 Å². The van der Waals surface area contributed by atoms with Gasteiger partial charge in [-0.15, -0.1) is 24.0 Å². The van der Waals surface area contributed by atoms with Crippen LogP contribution in [0.15, 0.2) is 23.2 Å². The van der Waals surface area contributed by atoms with Gasteiger partial charge in [0.05, 0.1) is 14.2 Å². The van der Waals surface area contributed by atoms with Crippen LogP contribution in [0.5, 0.6) is 5.75 Å². The minimum absolute atomic E-state index is 0. The van der Waals surface area contributed by atoms with E-state index in [2.05, 4.69) is 38.6 Å². The Labute approximate surface area is 174 Å². The van der Waals surface area contributed by atoms with E-state index in [1.165, 1.54) is 12.7 Å². The number of unbranched alkanes of at least 4 members (excludes halogenated alkanes) is 1. The second-order valence-corrected chi connectivity index (χ2v) is 5.77. The Morgan fingerprint density at radius 2 is 1.96 bits per heavy atom. The lowest BCUT2D eigenvalue weighted by atomic mass is 10.1. The second-order valence-electron chi connectivity index (χ2n) is 5.77. The summed E-state index contributed by atoms with van der Waals surface area (Å²) in [6.07, 6.45) is 2.99. The number of hydrogen-bond acceptors (Lipinski definition) is 4. The number of halogens is 1. The molecule has 0 saturated heterocycles. The Morgan fingerprint density at radius 3 is 2.62 bits per heavy atom. The number of carbonyl (C=O) groups excluding carboxylic acids is 1.